The molecule has 1 fully saturated rings. The van der Waals surface area contributed by atoms with Crippen LogP contribution in [0.3, 0.4) is 0 Å². The lowest BCUT2D eigenvalue weighted by molar-refractivity contribution is 0.0985. The molecule has 1 aromatic carbocycles. The zero-order valence-electron chi connectivity index (χ0n) is 18.8. The molecule has 3 aromatic rings. The van der Waals surface area contributed by atoms with Crippen LogP contribution in [0.5, 0.6) is 0 Å². The molecule has 9 nitrogen and oxygen atoms in total. The first-order valence-electron chi connectivity index (χ1n) is 10.4. The third-order valence-corrected chi connectivity index (χ3v) is 8.15. The Balaban J connectivity index is 2.00. The molecule has 2 atom stereocenters. The van der Waals surface area contributed by atoms with Crippen LogP contribution in [0.15, 0.2) is 24.3 Å². The van der Waals surface area contributed by atoms with Crippen LogP contribution >= 0.6 is 0 Å². The van der Waals surface area contributed by atoms with Crippen molar-refractivity contribution in [3.8, 4) is 5.95 Å². The number of nitrogens with one attached hydrogen (secondary N) is 2. The molecule has 1 aliphatic rings. The lowest BCUT2D eigenvalue weighted by Gasteiger charge is -2.35. The summed E-state index contributed by atoms with van der Waals surface area (Å²) in [6.45, 7) is 7.33. The highest BCUT2D eigenvalue weighted by atomic mass is 32.2. The first-order chi connectivity index (χ1) is 15.0. The average molecular weight is 462 g/mol. The summed E-state index contributed by atoms with van der Waals surface area (Å²) >= 11 is 0. The second-order valence-corrected chi connectivity index (χ2v) is 11.2. The molecule has 3 heterocycles. The minimum Gasteiger partial charge on any atom is -0.377 e. The van der Waals surface area contributed by atoms with E-state index in [1.165, 1.54) is 18.4 Å². The van der Waals surface area contributed by atoms with Gasteiger partial charge in [-0.1, -0.05) is 0 Å². The van der Waals surface area contributed by atoms with Crippen molar-refractivity contribution in [2.75, 3.05) is 43.3 Å². The SMILES string of the molecule is CNc1nc2cc(F)ccc2n1-c1nc(N2CCOC[C@H]2C)cc(C(C)(C)S(C)(=N)=O)n1. The summed E-state index contributed by atoms with van der Waals surface area (Å²) in [4.78, 5) is 16.1. The van der Waals surface area contributed by atoms with Gasteiger partial charge in [0.25, 0.3) is 0 Å². The van der Waals surface area contributed by atoms with Crippen LogP contribution in [0.1, 0.15) is 26.5 Å². The van der Waals surface area contributed by atoms with Gasteiger partial charge >= 0.3 is 0 Å². The van der Waals surface area contributed by atoms with E-state index in [-0.39, 0.29) is 11.9 Å². The summed E-state index contributed by atoms with van der Waals surface area (Å²) in [7, 11) is -1.27. The number of anilines is 2. The van der Waals surface area contributed by atoms with E-state index in [1.807, 2.05) is 6.92 Å². The molecule has 2 aromatic heterocycles. The Labute approximate surface area is 187 Å². The Hall–Kier alpha value is -2.79. The first kappa shape index (κ1) is 22.4. The summed E-state index contributed by atoms with van der Waals surface area (Å²) in [6.07, 6.45) is 1.42. The van der Waals surface area contributed by atoms with Crippen molar-refractivity contribution in [3.63, 3.8) is 0 Å². The van der Waals surface area contributed by atoms with E-state index in [4.69, 9.17) is 19.5 Å². The Bertz CT molecular complexity index is 1270. The van der Waals surface area contributed by atoms with Gasteiger partial charge in [0.15, 0.2) is 0 Å². The van der Waals surface area contributed by atoms with Crippen LogP contribution in [0.25, 0.3) is 17.0 Å². The van der Waals surface area contributed by atoms with E-state index in [0.717, 1.165) is 0 Å². The molecule has 172 valence electrons. The lowest BCUT2D eigenvalue weighted by Crippen LogP contribution is -2.44. The summed E-state index contributed by atoms with van der Waals surface area (Å²) < 4.78 is 41.2. The maximum Gasteiger partial charge on any atom is 0.239 e. The number of fused-ring (bicyclic) bond motifs is 1. The average Bonchev–Trinajstić information content (AvgIpc) is 3.10. The number of halogens is 1. The summed E-state index contributed by atoms with van der Waals surface area (Å²) in [6, 6.07) is 6.24. The Morgan fingerprint density at radius 2 is 2.03 bits per heavy atom. The van der Waals surface area contributed by atoms with Gasteiger partial charge in [0.1, 0.15) is 11.6 Å². The van der Waals surface area contributed by atoms with Gasteiger partial charge in [0, 0.05) is 32.0 Å². The van der Waals surface area contributed by atoms with Crippen molar-refractivity contribution >= 4 is 32.5 Å². The lowest BCUT2D eigenvalue weighted by atomic mass is 10.1. The van der Waals surface area contributed by atoms with Gasteiger partial charge in [-0.25, -0.2) is 23.1 Å². The fraction of sp³-hybridized carbons (Fsp3) is 0.476. The molecular weight excluding hydrogens is 433 g/mol. The second kappa shape index (κ2) is 7.96. The zero-order chi connectivity index (χ0) is 23.3. The molecule has 32 heavy (non-hydrogen) atoms. The van der Waals surface area contributed by atoms with Crippen LogP contribution in [0, 0.1) is 10.6 Å². The number of aromatic nitrogens is 4. The van der Waals surface area contributed by atoms with Crippen LogP contribution in [0.2, 0.25) is 0 Å². The Kier molecular flexibility index (Phi) is 5.58. The molecule has 0 amide bonds. The smallest absolute Gasteiger partial charge is 0.239 e. The van der Waals surface area contributed by atoms with Crippen molar-refractivity contribution in [3.05, 3.63) is 35.8 Å². The highest BCUT2D eigenvalue weighted by Gasteiger charge is 2.34. The van der Waals surface area contributed by atoms with E-state index in [9.17, 15) is 8.60 Å². The normalized spacial score (nSPS) is 19.2. The maximum atomic E-state index is 13.8. The molecule has 0 radical (unpaired) electrons. The van der Waals surface area contributed by atoms with Crippen LogP contribution in [-0.2, 0) is 19.2 Å². The van der Waals surface area contributed by atoms with Gasteiger partial charge in [-0.15, -0.1) is 0 Å². The van der Waals surface area contributed by atoms with E-state index >= 15 is 0 Å². The number of imidazole rings is 1. The topological polar surface area (TPSA) is 109 Å². The standard InChI is InChI=1S/C21H28FN7O2S/c1-13-12-31-9-8-28(13)18-11-17(21(2,3)32(5,23)30)26-20(27-18)29-16-7-6-14(22)10-15(16)25-19(29)24-4/h6-7,10-11,13,23H,8-9,12H2,1-5H3,(H,24,25)/t13-,32?/m1/s1. The van der Waals surface area contributed by atoms with E-state index < -0.39 is 14.5 Å². The number of benzene rings is 1. The maximum absolute atomic E-state index is 13.8. The number of hydrogen-bond acceptors (Lipinski definition) is 8. The van der Waals surface area contributed by atoms with Crippen molar-refractivity contribution in [1.82, 2.24) is 19.5 Å². The summed E-state index contributed by atoms with van der Waals surface area (Å²) in [5.41, 5.74) is 1.59. The molecule has 0 aliphatic carbocycles. The Morgan fingerprint density at radius 3 is 2.69 bits per heavy atom. The highest BCUT2D eigenvalue weighted by Crippen LogP contribution is 2.33. The molecule has 1 aliphatic heterocycles. The molecular formula is C21H28FN7O2S. The summed E-state index contributed by atoms with van der Waals surface area (Å²) in [5, 5.41) is 3.02. The predicted octanol–water partition coefficient (Wildman–Crippen LogP) is 3.13. The van der Waals surface area contributed by atoms with Crippen LogP contribution in [-0.4, -0.2) is 62.8 Å². The molecule has 1 saturated heterocycles. The van der Waals surface area contributed by atoms with Gasteiger partial charge in [-0.3, -0.25) is 4.78 Å². The molecule has 1 unspecified atom stereocenters. The minimum absolute atomic E-state index is 0.0850. The fourth-order valence-electron chi connectivity index (χ4n) is 3.67. The van der Waals surface area contributed by atoms with Crippen LogP contribution < -0.4 is 10.2 Å². The van der Waals surface area contributed by atoms with Crippen molar-refractivity contribution < 1.29 is 13.3 Å². The van der Waals surface area contributed by atoms with Crippen molar-refractivity contribution in [2.45, 2.75) is 31.6 Å². The monoisotopic (exact) mass is 461 g/mol. The number of morpholine rings is 1. The summed E-state index contributed by atoms with van der Waals surface area (Å²) in [5.74, 6) is 1.03. The third kappa shape index (κ3) is 3.79. The van der Waals surface area contributed by atoms with E-state index in [1.54, 1.807) is 37.6 Å². The number of ether oxygens (including phenoxy) is 1. The molecule has 0 spiro atoms. The molecule has 4 rings (SSSR count). The second-order valence-electron chi connectivity index (χ2n) is 8.54. The molecule has 0 bridgehead atoms. The minimum atomic E-state index is -2.99. The fourth-order valence-corrected chi connectivity index (χ4v) is 4.17. The molecule has 2 N–H and O–H groups in total. The Morgan fingerprint density at radius 1 is 1.28 bits per heavy atom. The van der Waals surface area contributed by atoms with E-state index in [2.05, 4.69) is 15.2 Å². The quantitative estimate of drug-likeness (QED) is 0.601. The van der Waals surface area contributed by atoms with Gasteiger partial charge in [-0.2, -0.15) is 4.98 Å². The third-order valence-electron chi connectivity index (χ3n) is 5.99. The number of hydrogen-bond donors (Lipinski definition) is 2. The predicted molar refractivity (Wildman–Crippen MR) is 124 cm³/mol. The van der Waals surface area contributed by atoms with Crippen molar-refractivity contribution in [2.24, 2.45) is 0 Å². The molecule has 0 saturated carbocycles. The van der Waals surface area contributed by atoms with Crippen LogP contribution in [0.4, 0.5) is 16.2 Å². The highest BCUT2D eigenvalue weighted by molar-refractivity contribution is 7.92. The van der Waals surface area contributed by atoms with Gasteiger partial charge in [0.2, 0.25) is 11.9 Å². The molecule has 11 heteroatoms. The van der Waals surface area contributed by atoms with Gasteiger partial charge in [0.05, 0.1) is 50.5 Å². The number of rotatable bonds is 5. The van der Waals surface area contributed by atoms with E-state index in [0.29, 0.717) is 54.2 Å². The van der Waals surface area contributed by atoms with Gasteiger partial charge in [-0.05, 0) is 32.9 Å². The van der Waals surface area contributed by atoms with Gasteiger partial charge < -0.3 is 15.0 Å². The van der Waals surface area contributed by atoms with Crippen molar-refractivity contribution in [1.29, 1.82) is 4.78 Å². The zero-order valence-corrected chi connectivity index (χ0v) is 19.7. The number of nitrogens with zero attached hydrogens (tertiary/aromatic N) is 5. The first-order valence-corrected chi connectivity index (χ1v) is 12.3. The largest absolute Gasteiger partial charge is 0.377 e.